The van der Waals surface area contributed by atoms with Gasteiger partial charge in [0, 0.05) is 28.6 Å². The number of carbonyl (C=O) groups is 2. The number of nitrogens with one attached hydrogen (secondary N) is 3. The molecule has 182 valence electrons. The maximum absolute atomic E-state index is 12.9. The minimum absolute atomic E-state index is 0.110. The molecule has 36 heavy (non-hydrogen) atoms. The molecule has 0 aliphatic carbocycles. The van der Waals surface area contributed by atoms with Gasteiger partial charge in [-0.3, -0.25) is 15.0 Å². The van der Waals surface area contributed by atoms with E-state index < -0.39 is 21.7 Å². The number of hydrogen-bond acceptors (Lipinski definition) is 6. The van der Waals surface area contributed by atoms with E-state index in [4.69, 9.17) is 11.1 Å². The van der Waals surface area contributed by atoms with Gasteiger partial charge in [0.15, 0.2) is 9.84 Å². The normalized spacial score (nSPS) is 11.0. The molecular formula is C26H22N4O4S2. The van der Waals surface area contributed by atoms with Gasteiger partial charge in [-0.2, -0.15) is 0 Å². The molecule has 0 aliphatic rings. The lowest BCUT2D eigenvalue weighted by Crippen LogP contribution is -2.17. The minimum Gasteiger partial charge on any atom is -0.384 e. The summed E-state index contributed by atoms with van der Waals surface area (Å²) >= 11 is 1.18. The van der Waals surface area contributed by atoms with Gasteiger partial charge in [-0.15, -0.1) is 11.3 Å². The summed E-state index contributed by atoms with van der Waals surface area (Å²) in [4.78, 5) is 26.2. The van der Waals surface area contributed by atoms with E-state index in [0.29, 0.717) is 38.5 Å². The fourth-order valence-electron chi connectivity index (χ4n) is 3.56. The zero-order valence-electron chi connectivity index (χ0n) is 19.1. The van der Waals surface area contributed by atoms with E-state index in [1.807, 2.05) is 0 Å². The molecule has 0 fully saturated rings. The van der Waals surface area contributed by atoms with Crippen molar-refractivity contribution >= 4 is 50.2 Å². The summed E-state index contributed by atoms with van der Waals surface area (Å²) in [7, 11) is -3.42. The molecule has 2 amide bonds. The van der Waals surface area contributed by atoms with Gasteiger partial charge in [-0.05, 0) is 47.3 Å². The average Bonchev–Trinajstić information content (AvgIpc) is 3.32. The van der Waals surface area contributed by atoms with Crippen LogP contribution in [0.2, 0.25) is 0 Å². The zero-order chi connectivity index (χ0) is 25.9. The molecule has 3 aromatic carbocycles. The first-order valence-electron chi connectivity index (χ1n) is 10.7. The second kappa shape index (κ2) is 10.1. The van der Waals surface area contributed by atoms with E-state index in [9.17, 15) is 18.0 Å². The van der Waals surface area contributed by atoms with Gasteiger partial charge in [0.1, 0.15) is 10.7 Å². The summed E-state index contributed by atoms with van der Waals surface area (Å²) in [5, 5.41) is 14.7. The number of amides is 2. The molecule has 0 atom stereocenters. The van der Waals surface area contributed by atoms with E-state index in [0.717, 1.165) is 6.26 Å². The molecule has 10 heteroatoms. The molecule has 0 unspecified atom stereocenters. The number of sulfone groups is 1. The molecule has 0 saturated heterocycles. The Labute approximate surface area is 212 Å². The molecule has 0 spiro atoms. The van der Waals surface area contributed by atoms with Gasteiger partial charge in [-0.1, -0.05) is 42.5 Å². The van der Waals surface area contributed by atoms with Gasteiger partial charge in [-0.25, -0.2) is 8.42 Å². The van der Waals surface area contributed by atoms with Crippen molar-refractivity contribution in [1.82, 2.24) is 0 Å². The number of carbonyl (C=O) groups excluding carboxylic acids is 2. The molecule has 0 radical (unpaired) electrons. The fourth-order valence-corrected chi connectivity index (χ4v) is 5.22. The van der Waals surface area contributed by atoms with Crippen LogP contribution >= 0.6 is 11.3 Å². The van der Waals surface area contributed by atoms with Gasteiger partial charge in [0.25, 0.3) is 11.8 Å². The Morgan fingerprint density at radius 2 is 1.58 bits per heavy atom. The van der Waals surface area contributed by atoms with Crippen LogP contribution < -0.4 is 16.4 Å². The van der Waals surface area contributed by atoms with Crippen LogP contribution in [0.25, 0.3) is 11.1 Å². The summed E-state index contributed by atoms with van der Waals surface area (Å²) in [5.74, 6) is -0.932. The summed E-state index contributed by atoms with van der Waals surface area (Å²) < 4.78 is 24.2. The van der Waals surface area contributed by atoms with Crippen molar-refractivity contribution in [2.75, 3.05) is 16.9 Å². The van der Waals surface area contributed by atoms with Crippen LogP contribution in [0.3, 0.4) is 0 Å². The Morgan fingerprint density at radius 3 is 2.28 bits per heavy atom. The van der Waals surface area contributed by atoms with E-state index in [2.05, 4.69) is 10.6 Å². The van der Waals surface area contributed by atoms with Crippen molar-refractivity contribution in [2.45, 2.75) is 4.90 Å². The van der Waals surface area contributed by atoms with E-state index in [-0.39, 0.29) is 10.7 Å². The molecule has 0 bridgehead atoms. The number of nitrogen functional groups attached to an aromatic ring is 1. The van der Waals surface area contributed by atoms with E-state index in [1.165, 1.54) is 11.3 Å². The van der Waals surface area contributed by atoms with Crippen LogP contribution in [0.4, 0.5) is 11.4 Å². The fraction of sp³-hybridized carbons (Fsp3) is 0.0385. The van der Waals surface area contributed by atoms with Crippen molar-refractivity contribution < 1.29 is 18.0 Å². The van der Waals surface area contributed by atoms with Gasteiger partial charge >= 0.3 is 0 Å². The number of rotatable bonds is 7. The van der Waals surface area contributed by atoms with E-state index >= 15 is 0 Å². The van der Waals surface area contributed by atoms with Crippen LogP contribution in [0.5, 0.6) is 0 Å². The quantitative estimate of drug-likeness (QED) is 0.209. The van der Waals surface area contributed by atoms with Crippen molar-refractivity contribution in [3.05, 3.63) is 100 Å². The maximum Gasteiger partial charge on any atom is 0.267 e. The lowest BCUT2D eigenvalue weighted by Gasteiger charge is -2.10. The highest BCUT2D eigenvalue weighted by Gasteiger charge is 2.18. The Hall–Kier alpha value is -4.28. The Balaban J connectivity index is 1.50. The van der Waals surface area contributed by atoms with Crippen molar-refractivity contribution in [3.8, 4) is 11.1 Å². The van der Waals surface area contributed by atoms with Gasteiger partial charge in [0.05, 0.1) is 10.6 Å². The van der Waals surface area contributed by atoms with E-state index in [1.54, 1.807) is 84.2 Å². The van der Waals surface area contributed by atoms with Crippen LogP contribution in [0, 0.1) is 5.41 Å². The summed E-state index contributed by atoms with van der Waals surface area (Å²) in [6, 6.07) is 21.5. The summed E-state index contributed by atoms with van der Waals surface area (Å²) in [5.41, 5.74) is 8.39. The summed E-state index contributed by atoms with van der Waals surface area (Å²) in [6.45, 7) is 0. The smallest absolute Gasteiger partial charge is 0.267 e. The third-order valence-corrected chi connectivity index (χ3v) is 7.36. The van der Waals surface area contributed by atoms with Crippen LogP contribution in [0.1, 0.15) is 25.6 Å². The monoisotopic (exact) mass is 518 g/mol. The number of thiophene rings is 1. The predicted molar refractivity (Wildman–Crippen MR) is 143 cm³/mol. The highest BCUT2D eigenvalue weighted by Crippen LogP contribution is 2.28. The standard InChI is InChI=1S/C26H22N4O4S2/c1-36(33,34)22-8-3-2-7-20(22)16-9-11-17(12-10-16)25(31)30-21-13-14-35-23(21)26(32)29-19-6-4-5-18(15-19)24(27)28/h2-15H,1H3,(H3,27,28)(H,29,32)(H,30,31). The first-order chi connectivity index (χ1) is 17.1. The number of nitrogens with two attached hydrogens (primary N) is 1. The lowest BCUT2D eigenvalue weighted by molar-refractivity contribution is 0.102. The largest absolute Gasteiger partial charge is 0.384 e. The first-order valence-corrected chi connectivity index (χ1v) is 13.4. The second-order valence-electron chi connectivity index (χ2n) is 7.91. The minimum atomic E-state index is -3.42. The maximum atomic E-state index is 12.9. The molecule has 4 rings (SSSR count). The molecule has 0 aliphatic heterocycles. The summed E-state index contributed by atoms with van der Waals surface area (Å²) in [6.07, 6.45) is 1.16. The number of anilines is 2. The molecule has 5 N–H and O–H groups in total. The molecular weight excluding hydrogens is 496 g/mol. The number of benzene rings is 3. The molecule has 4 aromatic rings. The van der Waals surface area contributed by atoms with Crippen molar-refractivity contribution in [1.29, 1.82) is 5.41 Å². The highest BCUT2D eigenvalue weighted by molar-refractivity contribution is 7.90. The average molecular weight is 519 g/mol. The topological polar surface area (TPSA) is 142 Å². The molecule has 1 aromatic heterocycles. The lowest BCUT2D eigenvalue weighted by atomic mass is 10.0. The Kier molecular flexibility index (Phi) is 7.00. The predicted octanol–water partition coefficient (Wildman–Crippen LogP) is 4.61. The third kappa shape index (κ3) is 5.51. The first kappa shape index (κ1) is 24.8. The Morgan fingerprint density at radius 1 is 0.861 bits per heavy atom. The third-order valence-electron chi connectivity index (χ3n) is 5.30. The van der Waals surface area contributed by atoms with Gasteiger partial charge < -0.3 is 16.4 Å². The van der Waals surface area contributed by atoms with Crippen LogP contribution in [-0.4, -0.2) is 32.3 Å². The van der Waals surface area contributed by atoms with Crippen molar-refractivity contribution in [2.24, 2.45) is 5.73 Å². The SMILES string of the molecule is CS(=O)(=O)c1ccccc1-c1ccc(C(=O)Nc2ccsc2C(=O)Nc2cccc(C(=N)N)c2)cc1. The molecule has 8 nitrogen and oxygen atoms in total. The highest BCUT2D eigenvalue weighted by atomic mass is 32.2. The van der Waals surface area contributed by atoms with Gasteiger partial charge in [0.2, 0.25) is 0 Å². The number of amidine groups is 1. The van der Waals surface area contributed by atoms with Crippen LogP contribution in [0.15, 0.2) is 89.1 Å². The zero-order valence-corrected chi connectivity index (χ0v) is 20.7. The Bertz CT molecular complexity index is 1580. The van der Waals surface area contributed by atoms with Crippen LogP contribution in [-0.2, 0) is 9.84 Å². The van der Waals surface area contributed by atoms with Crippen molar-refractivity contribution in [3.63, 3.8) is 0 Å². The molecule has 1 heterocycles. The molecule has 0 saturated carbocycles. The number of hydrogen-bond donors (Lipinski definition) is 4. The second-order valence-corrected chi connectivity index (χ2v) is 10.8.